The number of rotatable bonds is 7. The van der Waals surface area contributed by atoms with Gasteiger partial charge in [-0.3, -0.25) is 4.79 Å². The molecule has 0 aliphatic heterocycles. The summed E-state index contributed by atoms with van der Waals surface area (Å²) in [6.07, 6.45) is 0.126. The number of para-hydroxylation sites is 1. The molecular weight excluding hydrogens is 404 g/mol. The average Bonchev–Trinajstić information content (AvgIpc) is 3.03. The summed E-state index contributed by atoms with van der Waals surface area (Å²) < 4.78 is 28.6. The van der Waals surface area contributed by atoms with Crippen molar-refractivity contribution in [2.45, 2.75) is 16.3 Å². The van der Waals surface area contributed by atoms with Crippen molar-refractivity contribution in [1.29, 1.82) is 0 Å². The van der Waals surface area contributed by atoms with E-state index in [4.69, 9.17) is 9.66 Å². The molecule has 3 aromatic rings. The summed E-state index contributed by atoms with van der Waals surface area (Å²) in [6.45, 7) is 0. The lowest BCUT2D eigenvalue weighted by Crippen LogP contribution is -2.34. The standard InChI is InChI=1S/C17H16N4O5S2/c18-28(24,25)14-8-6-12(7-9-14)19-15(22)10-11-27-16-17(23)26-20-21(16)13-4-2-1-3-5-13/h1-9H,10-11H2,(H3-,18,19,20,22,23,24,25). The Morgan fingerprint density at radius 3 is 2.50 bits per heavy atom. The van der Waals surface area contributed by atoms with E-state index in [-0.39, 0.29) is 22.2 Å². The maximum atomic E-state index is 12.1. The predicted molar refractivity (Wildman–Crippen MR) is 99.3 cm³/mol. The van der Waals surface area contributed by atoms with Gasteiger partial charge in [0.1, 0.15) is 0 Å². The molecule has 0 unspecified atom stereocenters. The van der Waals surface area contributed by atoms with Crippen LogP contribution in [0.1, 0.15) is 6.42 Å². The van der Waals surface area contributed by atoms with Gasteiger partial charge in [-0.05, 0) is 28.9 Å². The lowest BCUT2D eigenvalue weighted by Gasteiger charge is -2.05. The second-order valence-corrected chi connectivity index (χ2v) is 8.27. The molecule has 3 N–H and O–H groups in total. The predicted octanol–water partition coefficient (Wildman–Crippen LogP) is 0.793. The van der Waals surface area contributed by atoms with Crippen LogP contribution in [0.15, 0.2) is 69.0 Å². The SMILES string of the molecule is NS(=O)(=O)c1ccc(NC(=O)CCSc2c([O-])on[n+]2-c2ccccc2)cc1. The van der Waals surface area contributed by atoms with Crippen molar-refractivity contribution < 1.29 is 27.5 Å². The van der Waals surface area contributed by atoms with Crippen molar-refractivity contribution in [1.82, 2.24) is 5.27 Å². The molecule has 0 aliphatic carbocycles. The van der Waals surface area contributed by atoms with Gasteiger partial charge in [0, 0.05) is 30.0 Å². The van der Waals surface area contributed by atoms with Crippen LogP contribution in [0, 0.1) is 0 Å². The van der Waals surface area contributed by atoms with Crippen molar-refractivity contribution in [2.75, 3.05) is 11.1 Å². The Bertz CT molecular complexity index is 1070. The van der Waals surface area contributed by atoms with Crippen LogP contribution in [0.2, 0.25) is 0 Å². The monoisotopic (exact) mass is 420 g/mol. The van der Waals surface area contributed by atoms with E-state index in [1.54, 1.807) is 12.1 Å². The van der Waals surface area contributed by atoms with Gasteiger partial charge in [0.25, 0.3) is 5.03 Å². The zero-order chi connectivity index (χ0) is 20.1. The Morgan fingerprint density at radius 2 is 1.86 bits per heavy atom. The van der Waals surface area contributed by atoms with Crippen LogP contribution in [0.5, 0.6) is 5.95 Å². The van der Waals surface area contributed by atoms with Crippen LogP contribution in [-0.2, 0) is 14.8 Å². The number of primary sulfonamides is 1. The minimum Gasteiger partial charge on any atom is -0.538 e. The zero-order valence-electron chi connectivity index (χ0n) is 14.4. The van der Waals surface area contributed by atoms with Crippen molar-refractivity contribution in [3.63, 3.8) is 0 Å². The second kappa shape index (κ2) is 8.42. The Balaban J connectivity index is 1.57. The molecule has 1 heterocycles. The van der Waals surface area contributed by atoms with E-state index in [1.807, 2.05) is 18.2 Å². The van der Waals surface area contributed by atoms with Crippen molar-refractivity contribution in [3.8, 4) is 11.6 Å². The highest BCUT2D eigenvalue weighted by molar-refractivity contribution is 7.99. The number of nitrogens with one attached hydrogen (secondary N) is 1. The van der Waals surface area contributed by atoms with Crippen LogP contribution in [-0.4, -0.2) is 25.3 Å². The first kappa shape index (κ1) is 19.9. The van der Waals surface area contributed by atoms with Gasteiger partial charge in [-0.1, -0.05) is 30.0 Å². The quantitative estimate of drug-likeness (QED) is 0.425. The van der Waals surface area contributed by atoms with Crippen LogP contribution in [0.4, 0.5) is 5.69 Å². The Kier molecular flexibility index (Phi) is 5.97. The minimum absolute atomic E-state index is 0.0399. The largest absolute Gasteiger partial charge is 0.538 e. The van der Waals surface area contributed by atoms with E-state index in [1.165, 1.54) is 28.9 Å². The topological polar surface area (TPSA) is 142 Å². The molecule has 0 bridgehead atoms. The number of benzene rings is 2. The smallest absolute Gasteiger partial charge is 0.297 e. The number of nitrogens with two attached hydrogens (primary N) is 1. The average molecular weight is 420 g/mol. The van der Waals surface area contributed by atoms with Gasteiger partial charge in [0.15, 0.2) is 5.95 Å². The van der Waals surface area contributed by atoms with Gasteiger partial charge in [0.05, 0.1) is 10.2 Å². The number of anilines is 1. The molecule has 0 atom stereocenters. The van der Waals surface area contributed by atoms with E-state index in [9.17, 15) is 18.3 Å². The first-order chi connectivity index (χ1) is 13.3. The lowest BCUT2D eigenvalue weighted by atomic mass is 10.3. The van der Waals surface area contributed by atoms with Gasteiger partial charge in [-0.15, -0.1) is 0 Å². The highest BCUT2D eigenvalue weighted by atomic mass is 32.2. The first-order valence-corrected chi connectivity index (χ1v) is 10.6. The van der Waals surface area contributed by atoms with Crippen LogP contribution < -0.4 is 20.2 Å². The van der Waals surface area contributed by atoms with Gasteiger partial charge < -0.3 is 14.9 Å². The van der Waals surface area contributed by atoms with Crippen molar-refractivity contribution in [3.05, 3.63) is 54.6 Å². The molecule has 0 saturated heterocycles. The fraction of sp³-hybridized carbons (Fsp3) is 0.118. The summed E-state index contributed by atoms with van der Waals surface area (Å²) in [6, 6.07) is 14.5. The maximum absolute atomic E-state index is 12.1. The summed E-state index contributed by atoms with van der Waals surface area (Å²) in [7, 11) is -3.78. The van der Waals surface area contributed by atoms with E-state index in [0.717, 1.165) is 11.8 Å². The Hall–Kier alpha value is -2.89. The van der Waals surface area contributed by atoms with Crippen LogP contribution >= 0.6 is 11.8 Å². The van der Waals surface area contributed by atoms with E-state index in [2.05, 4.69) is 10.6 Å². The van der Waals surface area contributed by atoms with Crippen LogP contribution in [0.25, 0.3) is 5.69 Å². The minimum atomic E-state index is -3.78. The molecule has 11 heteroatoms. The fourth-order valence-electron chi connectivity index (χ4n) is 2.29. The van der Waals surface area contributed by atoms with Crippen LogP contribution in [0.3, 0.4) is 0 Å². The number of nitrogens with zero attached hydrogens (tertiary/aromatic N) is 2. The molecule has 28 heavy (non-hydrogen) atoms. The molecule has 0 fully saturated rings. The number of thioether (sulfide) groups is 1. The second-order valence-electron chi connectivity index (χ2n) is 5.63. The molecule has 0 aliphatic rings. The third kappa shape index (κ3) is 4.88. The molecule has 0 radical (unpaired) electrons. The molecule has 146 valence electrons. The number of amides is 1. The van der Waals surface area contributed by atoms with Gasteiger partial charge in [-0.25, -0.2) is 13.6 Å². The number of hydrogen-bond donors (Lipinski definition) is 2. The summed E-state index contributed by atoms with van der Waals surface area (Å²) in [4.78, 5) is 12.0. The van der Waals surface area contributed by atoms with Crippen molar-refractivity contribution >= 4 is 33.4 Å². The molecule has 1 amide bonds. The summed E-state index contributed by atoms with van der Waals surface area (Å²) in [5.74, 6) is -0.538. The van der Waals surface area contributed by atoms with E-state index >= 15 is 0 Å². The van der Waals surface area contributed by atoms with E-state index in [0.29, 0.717) is 17.1 Å². The molecule has 9 nitrogen and oxygen atoms in total. The van der Waals surface area contributed by atoms with Crippen molar-refractivity contribution in [2.24, 2.45) is 5.14 Å². The Morgan fingerprint density at radius 1 is 1.18 bits per heavy atom. The van der Waals surface area contributed by atoms with Gasteiger partial charge in [-0.2, -0.15) is 0 Å². The van der Waals surface area contributed by atoms with Gasteiger partial charge in [0.2, 0.25) is 21.6 Å². The number of hydrogen-bond acceptors (Lipinski definition) is 7. The number of carbonyl (C=O) groups is 1. The number of carbonyl (C=O) groups excluding carboxylic acids is 1. The molecule has 3 rings (SSSR count). The molecular formula is C17H16N4O5S2. The zero-order valence-corrected chi connectivity index (χ0v) is 16.1. The Labute approximate surface area is 165 Å². The normalized spacial score (nSPS) is 11.3. The highest BCUT2D eigenvalue weighted by Gasteiger charge is 2.21. The molecule has 0 spiro atoms. The highest BCUT2D eigenvalue weighted by Crippen LogP contribution is 2.24. The summed E-state index contributed by atoms with van der Waals surface area (Å²) >= 11 is 1.16. The summed E-state index contributed by atoms with van der Waals surface area (Å²) in [5.41, 5.74) is 1.12. The van der Waals surface area contributed by atoms with Gasteiger partial charge >= 0.3 is 0 Å². The molecule has 2 aromatic carbocycles. The maximum Gasteiger partial charge on any atom is 0.297 e. The third-order valence-electron chi connectivity index (χ3n) is 3.61. The molecule has 0 saturated carbocycles. The first-order valence-electron chi connectivity index (χ1n) is 8.04. The third-order valence-corrected chi connectivity index (χ3v) is 5.56. The van der Waals surface area contributed by atoms with E-state index < -0.39 is 16.0 Å². The summed E-state index contributed by atoms with van der Waals surface area (Å²) in [5, 5.41) is 23.5. The number of aromatic nitrogens is 2. The fourth-order valence-corrected chi connectivity index (χ4v) is 3.70. The number of sulfonamides is 1. The molecule has 1 aromatic heterocycles. The lowest BCUT2D eigenvalue weighted by molar-refractivity contribution is -0.705.